The molecule has 1 aromatic carbocycles. The van der Waals surface area contributed by atoms with Crippen LogP contribution in [-0.4, -0.2) is 53.9 Å². The number of methoxy groups -OCH3 is 1. The fourth-order valence-electron chi connectivity index (χ4n) is 3.29. The fraction of sp³-hybridized carbons (Fsp3) is 0.474. The molecule has 0 amide bonds. The number of nitrogens with zero attached hydrogens (tertiary/aromatic N) is 2. The van der Waals surface area contributed by atoms with Gasteiger partial charge in [0.05, 0.1) is 7.11 Å². The molecule has 1 aliphatic heterocycles. The Labute approximate surface area is 152 Å². The maximum absolute atomic E-state index is 11.8. The van der Waals surface area contributed by atoms with Gasteiger partial charge in [0.1, 0.15) is 5.75 Å². The number of benzene rings is 1. The summed E-state index contributed by atoms with van der Waals surface area (Å²) in [6.07, 6.45) is 1.09. The smallest absolute Gasteiger partial charge is 0.343 e. The minimum atomic E-state index is -1.06. The lowest BCUT2D eigenvalue weighted by atomic mass is 10.1. The number of carboxylic acid groups (broad SMARTS) is 1. The lowest BCUT2D eigenvalue weighted by molar-refractivity contribution is 0.0698. The lowest BCUT2D eigenvalue weighted by Crippen LogP contribution is -2.29. The molecule has 1 unspecified atom stereocenters. The van der Waals surface area contributed by atoms with Crippen LogP contribution < -0.4 is 10.1 Å². The molecule has 0 spiro atoms. The number of carboxylic acids is 1. The second-order valence-electron chi connectivity index (χ2n) is 6.89. The Hall–Kier alpha value is -2.54. The highest BCUT2D eigenvalue weighted by Gasteiger charge is 2.27. The van der Waals surface area contributed by atoms with Gasteiger partial charge < -0.3 is 24.6 Å². The molecule has 2 aromatic rings. The van der Waals surface area contributed by atoms with E-state index in [9.17, 15) is 9.90 Å². The first-order chi connectivity index (χ1) is 12.5. The number of aromatic carboxylic acids is 1. The van der Waals surface area contributed by atoms with Crippen LogP contribution in [0.2, 0.25) is 0 Å². The molecule has 140 valence electrons. The van der Waals surface area contributed by atoms with Crippen molar-refractivity contribution < 1.29 is 19.2 Å². The van der Waals surface area contributed by atoms with Gasteiger partial charge in [-0.2, -0.15) is 0 Å². The Balaban J connectivity index is 1.74. The van der Waals surface area contributed by atoms with Crippen LogP contribution in [-0.2, 0) is 0 Å². The number of hydrogen-bond donors (Lipinski definition) is 2. The van der Waals surface area contributed by atoms with Crippen molar-refractivity contribution in [3.8, 4) is 17.1 Å². The molecule has 1 saturated heterocycles. The highest BCUT2D eigenvalue weighted by atomic mass is 16.5. The number of hydrogen-bond acceptors (Lipinski definition) is 6. The van der Waals surface area contributed by atoms with E-state index in [-0.39, 0.29) is 17.1 Å². The van der Waals surface area contributed by atoms with Gasteiger partial charge in [-0.15, -0.1) is 0 Å². The molecular weight excluding hydrogens is 334 g/mol. The van der Waals surface area contributed by atoms with Gasteiger partial charge in [0.25, 0.3) is 0 Å². The Bertz CT molecular complexity index is 755. The van der Waals surface area contributed by atoms with Crippen LogP contribution in [0.4, 0.5) is 5.82 Å². The quantitative estimate of drug-likeness (QED) is 0.785. The summed E-state index contributed by atoms with van der Waals surface area (Å²) in [4.78, 5) is 14.2. The number of rotatable bonds is 7. The zero-order chi connectivity index (χ0) is 18.7. The zero-order valence-corrected chi connectivity index (χ0v) is 15.4. The number of anilines is 1. The molecule has 2 heterocycles. The topological polar surface area (TPSA) is 87.8 Å². The first-order valence-corrected chi connectivity index (χ1v) is 8.85. The van der Waals surface area contributed by atoms with Gasteiger partial charge in [-0.05, 0) is 57.0 Å². The average molecular weight is 359 g/mol. The van der Waals surface area contributed by atoms with Crippen LogP contribution in [0.25, 0.3) is 11.3 Å². The Morgan fingerprint density at radius 3 is 2.73 bits per heavy atom. The average Bonchev–Trinajstić information content (AvgIpc) is 3.27. The van der Waals surface area contributed by atoms with Crippen LogP contribution >= 0.6 is 0 Å². The van der Waals surface area contributed by atoms with Crippen molar-refractivity contribution in [1.82, 2.24) is 10.1 Å². The fourth-order valence-corrected chi connectivity index (χ4v) is 3.29. The van der Waals surface area contributed by atoms with E-state index in [4.69, 9.17) is 9.26 Å². The molecule has 26 heavy (non-hydrogen) atoms. The minimum Gasteiger partial charge on any atom is -0.497 e. The summed E-state index contributed by atoms with van der Waals surface area (Å²) in [7, 11) is 1.58. The van der Waals surface area contributed by atoms with E-state index in [0.717, 1.165) is 19.5 Å². The summed E-state index contributed by atoms with van der Waals surface area (Å²) in [5.74, 6) is 0.638. The predicted molar refractivity (Wildman–Crippen MR) is 98.8 cm³/mol. The third-order valence-corrected chi connectivity index (χ3v) is 4.86. The van der Waals surface area contributed by atoms with Crippen molar-refractivity contribution in [1.29, 1.82) is 0 Å². The molecule has 0 bridgehead atoms. The summed E-state index contributed by atoms with van der Waals surface area (Å²) in [5.41, 5.74) is 0.712. The van der Waals surface area contributed by atoms with Crippen LogP contribution in [0.15, 0.2) is 28.8 Å². The van der Waals surface area contributed by atoms with Crippen LogP contribution in [0.3, 0.4) is 0 Å². The molecule has 7 heteroatoms. The van der Waals surface area contributed by atoms with Crippen LogP contribution in [0, 0.1) is 5.92 Å². The first kappa shape index (κ1) is 18.3. The number of ether oxygens (including phenoxy) is 1. The van der Waals surface area contributed by atoms with Gasteiger partial charge in [-0.3, -0.25) is 0 Å². The molecule has 1 aromatic heterocycles. The number of likely N-dealkylation sites (tertiary alicyclic amines) is 1. The van der Waals surface area contributed by atoms with E-state index < -0.39 is 5.97 Å². The molecule has 1 atom stereocenters. The molecule has 3 rings (SSSR count). The van der Waals surface area contributed by atoms with Crippen LogP contribution in [0.5, 0.6) is 5.75 Å². The molecule has 0 radical (unpaired) electrons. The number of aromatic nitrogens is 1. The first-order valence-electron chi connectivity index (χ1n) is 8.85. The van der Waals surface area contributed by atoms with Gasteiger partial charge >= 0.3 is 5.97 Å². The van der Waals surface area contributed by atoms with Crippen molar-refractivity contribution in [2.24, 2.45) is 5.92 Å². The summed E-state index contributed by atoms with van der Waals surface area (Å²) in [6.45, 7) is 7.15. The number of nitrogens with one attached hydrogen (secondary N) is 1. The molecular formula is C19H25N3O4. The molecule has 0 saturated carbocycles. The van der Waals surface area contributed by atoms with Gasteiger partial charge in [-0.1, -0.05) is 5.16 Å². The van der Waals surface area contributed by atoms with Crippen molar-refractivity contribution in [3.05, 3.63) is 29.8 Å². The minimum absolute atomic E-state index is 0.0638. The second-order valence-corrected chi connectivity index (χ2v) is 6.89. The largest absolute Gasteiger partial charge is 0.497 e. The van der Waals surface area contributed by atoms with E-state index >= 15 is 0 Å². The maximum atomic E-state index is 11.8. The summed E-state index contributed by atoms with van der Waals surface area (Å²) >= 11 is 0. The lowest BCUT2D eigenvalue weighted by Gasteiger charge is -2.20. The van der Waals surface area contributed by atoms with Crippen molar-refractivity contribution in [2.45, 2.75) is 26.3 Å². The Morgan fingerprint density at radius 1 is 1.42 bits per heavy atom. The SMILES string of the molecule is COc1ccc(-c2onc(NCC3CCN(C(C)C)C3)c2C(=O)O)cc1. The molecule has 7 nitrogen and oxygen atoms in total. The van der Waals surface area contributed by atoms with Crippen LogP contribution in [0.1, 0.15) is 30.6 Å². The highest BCUT2D eigenvalue weighted by molar-refractivity contribution is 5.99. The standard InChI is InChI=1S/C19H25N3O4/c1-12(2)22-9-8-13(11-22)10-20-18-16(19(23)24)17(26-21-18)14-4-6-15(25-3)7-5-14/h4-7,12-13H,8-11H2,1-3H3,(H,20,21)(H,23,24). The molecule has 1 aliphatic rings. The van der Waals surface area contributed by atoms with Crippen molar-refractivity contribution in [3.63, 3.8) is 0 Å². The summed E-state index contributed by atoms with van der Waals surface area (Å²) in [6, 6.07) is 7.56. The van der Waals surface area contributed by atoms with Gasteiger partial charge in [0.2, 0.25) is 0 Å². The predicted octanol–water partition coefficient (Wildman–Crippen LogP) is 3.19. The Kier molecular flexibility index (Phi) is 5.46. The van der Waals surface area contributed by atoms with Crippen molar-refractivity contribution in [2.75, 3.05) is 32.1 Å². The van der Waals surface area contributed by atoms with E-state index in [1.54, 1.807) is 31.4 Å². The van der Waals surface area contributed by atoms with E-state index in [1.807, 2.05) is 0 Å². The van der Waals surface area contributed by atoms with Crippen molar-refractivity contribution >= 4 is 11.8 Å². The highest BCUT2D eigenvalue weighted by Crippen LogP contribution is 2.31. The monoisotopic (exact) mass is 359 g/mol. The van der Waals surface area contributed by atoms with Gasteiger partial charge in [0, 0.05) is 24.7 Å². The third kappa shape index (κ3) is 3.83. The van der Waals surface area contributed by atoms with E-state index in [0.29, 0.717) is 29.8 Å². The molecule has 1 fully saturated rings. The van der Waals surface area contributed by atoms with Gasteiger partial charge in [-0.25, -0.2) is 4.79 Å². The summed E-state index contributed by atoms with van der Waals surface area (Å²) in [5, 5.41) is 16.8. The van der Waals surface area contributed by atoms with E-state index in [2.05, 4.69) is 29.2 Å². The molecule has 2 N–H and O–H groups in total. The summed E-state index contributed by atoms with van der Waals surface area (Å²) < 4.78 is 10.5. The molecule has 0 aliphatic carbocycles. The number of carbonyl (C=O) groups is 1. The maximum Gasteiger partial charge on any atom is 0.343 e. The zero-order valence-electron chi connectivity index (χ0n) is 15.4. The third-order valence-electron chi connectivity index (χ3n) is 4.86. The van der Waals surface area contributed by atoms with Gasteiger partial charge in [0.15, 0.2) is 17.1 Å². The normalized spacial score (nSPS) is 17.6. The van der Waals surface area contributed by atoms with E-state index in [1.165, 1.54) is 0 Å². The second kappa shape index (κ2) is 7.78. The Morgan fingerprint density at radius 2 is 2.15 bits per heavy atom.